The molecule has 0 fully saturated rings. The lowest BCUT2D eigenvalue weighted by atomic mass is 10.0. The second kappa shape index (κ2) is 12.3. The van der Waals surface area contributed by atoms with Gasteiger partial charge >= 0.3 is 0 Å². The Morgan fingerprint density at radius 1 is 0.971 bits per heavy atom. The van der Waals surface area contributed by atoms with Crippen LogP contribution in [0.4, 0.5) is 0 Å². The molecular formula is C27H34N2O5S. The molecule has 0 radical (unpaired) electrons. The second-order valence-electron chi connectivity index (χ2n) is 8.72. The molecule has 0 saturated heterocycles. The topological polar surface area (TPSA) is 113 Å². The lowest BCUT2D eigenvalue weighted by Gasteiger charge is -2.30. The van der Waals surface area contributed by atoms with Gasteiger partial charge in [-0.1, -0.05) is 60.7 Å². The van der Waals surface area contributed by atoms with Crippen LogP contribution in [0.2, 0.25) is 0 Å². The fraction of sp³-hybridized carbons (Fsp3) is 0.333. The first-order valence-corrected chi connectivity index (χ1v) is 13.2. The van der Waals surface area contributed by atoms with Crippen molar-refractivity contribution in [1.29, 1.82) is 0 Å². The van der Waals surface area contributed by atoms with Gasteiger partial charge in [0.1, 0.15) is 12.4 Å². The van der Waals surface area contributed by atoms with E-state index in [0.29, 0.717) is 31.9 Å². The molecule has 3 aromatic carbocycles. The van der Waals surface area contributed by atoms with Crippen molar-refractivity contribution >= 4 is 10.0 Å². The monoisotopic (exact) mass is 498 g/mol. The molecule has 0 heterocycles. The van der Waals surface area contributed by atoms with E-state index < -0.39 is 22.7 Å². The molecule has 188 valence electrons. The molecule has 8 heteroatoms. The number of aliphatic hydroxyl groups is 2. The van der Waals surface area contributed by atoms with Gasteiger partial charge in [-0.3, -0.25) is 4.90 Å². The summed E-state index contributed by atoms with van der Waals surface area (Å²) >= 11 is 0. The largest absolute Gasteiger partial charge is 0.492 e. The van der Waals surface area contributed by atoms with Crippen molar-refractivity contribution in [3.8, 4) is 5.75 Å². The van der Waals surface area contributed by atoms with Gasteiger partial charge < -0.3 is 14.9 Å². The molecule has 0 aromatic heterocycles. The third kappa shape index (κ3) is 7.62. The van der Waals surface area contributed by atoms with Crippen LogP contribution in [0.15, 0.2) is 77.7 Å². The minimum absolute atomic E-state index is 0.0441. The average molecular weight is 499 g/mol. The van der Waals surface area contributed by atoms with Crippen LogP contribution >= 0.6 is 0 Å². The van der Waals surface area contributed by atoms with Crippen LogP contribution in [0, 0.1) is 0 Å². The van der Waals surface area contributed by atoms with Crippen molar-refractivity contribution < 1.29 is 23.4 Å². The van der Waals surface area contributed by atoms with Gasteiger partial charge in [-0.25, -0.2) is 13.6 Å². The van der Waals surface area contributed by atoms with Crippen LogP contribution < -0.4 is 9.88 Å². The molecule has 3 aromatic rings. The smallest absolute Gasteiger partial charge is 0.238 e. The van der Waals surface area contributed by atoms with Gasteiger partial charge in [-0.15, -0.1) is 0 Å². The highest BCUT2D eigenvalue weighted by atomic mass is 32.2. The maximum Gasteiger partial charge on any atom is 0.238 e. The van der Waals surface area contributed by atoms with E-state index in [2.05, 4.69) is 24.0 Å². The first kappa shape index (κ1) is 26.8. The highest BCUT2D eigenvalue weighted by Crippen LogP contribution is 2.25. The van der Waals surface area contributed by atoms with E-state index in [4.69, 9.17) is 9.88 Å². The Morgan fingerprint density at radius 3 is 2.31 bits per heavy atom. The van der Waals surface area contributed by atoms with E-state index in [9.17, 15) is 18.6 Å². The summed E-state index contributed by atoms with van der Waals surface area (Å²) in [5, 5.41) is 24.9. The van der Waals surface area contributed by atoms with Gasteiger partial charge in [0.05, 0.1) is 17.6 Å². The van der Waals surface area contributed by atoms with Crippen LogP contribution in [-0.4, -0.2) is 42.7 Å². The van der Waals surface area contributed by atoms with Crippen molar-refractivity contribution in [2.75, 3.05) is 13.2 Å². The predicted molar refractivity (Wildman–Crippen MR) is 136 cm³/mol. The van der Waals surface area contributed by atoms with Gasteiger partial charge in [0, 0.05) is 24.7 Å². The van der Waals surface area contributed by atoms with Crippen LogP contribution in [0.5, 0.6) is 5.75 Å². The highest BCUT2D eigenvalue weighted by molar-refractivity contribution is 7.89. The normalized spacial score (nSPS) is 13.5. The average Bonchev–Trinajstić information content (AvgIpc) is 2.83. The Bertz CT molecular complexity index is 1200. The summed E-state index contributed by atoms with van der Waals surface area (Å²) in [7, 11) is -3.94. The Balaban J connectivity index is 1.77. The summed E-state index contributed by atoms with van der Waals surface area (Å²) in [6.45, 7) is 5.15. The fourth-order valence-electron chi connectivity index (χ4n) is 4.09. The first-order valence-electron chi connectivity index (χ1n) is 11.6. The number of nitrogens with zero attached hydrogens (tertiary/aromatic N) is 1. The van der Waals surface area contributed by atoms with Crippen molar-refractivity contribution in [2.45, 2.75) is 50.5 Å². The van der Waals surface area contributed by atoms with Crippen molar-refractivity contribution in [1.82, 2.24) is 4.90 Å². The van der Waals surface area contributed by atoms with Gasteiger partial charge in [0.15, 0.2) is 0 Å². The fourth-order valence-corrected chi connectivity index (χ4v) is 4.91. The first-order chi connectivity index (χ1) is 16.7. The van der Waals surface area contributed by atoms with E-state index in [1.165, 1.54) is 0 Å². The third-order valence-corrected chi connectivity index (χ3v) is 6.99. The number of hydrogen-bond donors (Lipinski definition) is 3. The summed E-state index contributed by atoms with van der Waals surface area (Å²) in [4.78, 5) is 2.23. The quantitative estimate of drug-likeness (QED) is 0.353. The zero-order chi connectivity index (χ0) is 25.4. The SMILES string of the molecule is CC(O)c1ccccc1OCCN(Cc1ccccc1)[C@H](C)Cc1ccc(CO)c(S(N)(=O)=O)c1. The lowest BCUT2D eigenvalue weighted by molar-refractivity contribution is 0.153. The number of ether oxygens (including phenoxy) is 1. The van der Waals surface area contributed by atoms with Gasteiger partial charge in [-0.05, 0) is 49.1 Å². The van der Waals surface area contributed by atoms with Gasteiger partial charge in [-0.2, -0.15) is 0 Å². The Labute approximate surface area is 207 Å². The van der Waals surface area contributed by atoms with E-state index in [1.807, 2.05) is 48.5 Å². The maximum atomic E-state index is 12.0. The summed E-state index contributed by atoms with van der Waals surface area (Å²) in [5.74, 6) is 0.659. The molecule has 4 N–H and O–H groups in total. The Morgan fingerprint density at radius 2 is 1.66 bits per heavy atom. The number of sulfonamides is 1. The molecule has 35 heavy (non-hydrogen) atoms. The zero-order valence-electron chi connectivity index (χ0n) is 20.2. The zero-order valence-corrected chi connectivity index (χ0v) is 21.0. The number of rotatable bonds is 12. The minimum atomic E-state index is -3.94. The summed E-state index contributed by atoms with van der Waals surface area (Å²) in [6.07, 6.45) is -0.0360. The van der Waals surface area contributed by atoms with E-state index in [-0.39, 0.29) is 16.5 Å². The molecule has 0 spiro atoms. The molecule has 7 nitrogen and oxygen atoms in total. The molecule has 2 atom stereocenters. The van der Waals surface area contributed by atoms with E-state index in [0.717, 1.165) is 16.7 Å². The number of para-hydroxylation sites is 1. The van der Waals surface area contributed by atoms with Crippen molar-refractivity contribution in [3.05, 3.63) is 95.1 Å². The molecule has 0 saturated carbocycles. The molecule has 3 rings (SSSR count). The molecule has 1 unspecified atom stereocenters. The van der Waals surface area contributed by atoms with Gasteiger partial charge in [0.2, 0.25) is 10.0 Å². The number of primary sulfonamides is 1. The predicted octanol–water partition coefficient (Wildman–Crippen LogP) is 3.39. The van der Waals surface area contributed by atoms with Crippen molar-refractivity contribution in [2.24, 2.45) is 5.14 Å². The Kier molecular flexibility index (Phi) is 9.42. The molecule has 0 aliphatic rings. The van der Waals surface area contributed by atoms with Gasteiger partial charge in [0.25, 0.3) is 0 Å². The molecule has 0 amide bonds. The molecule has 0 aliphatic carbocycles. The minimum Gasteiger partial charge on any atom is -0.492 e. The summed E-state index contributed by atoms with van der Waals surface area (Å²) in [6, 6.07) is 22.6. The van der Waals surface area contributed by atoms with Crippen LogP contribution in [0.25, 0.3) is 0 Å². The number of benzene rings is 3. The van der Waals surface area contributed by atoms with Crippen LogP contribution in [0.3, 0.4) is 0 Å². The lowest BCUT2D eigenvalue weighted by Crippen LogP contribution is -2.37. The highest BCUT2D eigenvalue weighted by Gasteiger charge is 2.19. The van der Waals surface area contributed by atoms with Crippen LogP contribution in [-0.2, 0) is 29.6 Å². The molecule has 0 aliphatic heterocycles. The Hall–Kier alpha value is -2.75. The standard InChI is InChI=1S/C27H34N2O5S/c1-20(16-23-12-13-24(19-30)27(17-23)35(28,32)33)29(18-22-8-4-3-5-9-22)14-15-34-26-11-7-6-10-25(26)21(2)31/h3-13,17,20-21,30-31H,14-16,18-19H2,1-2H3,(H2,28,32,33)/t20-,21?/m1/s1. The summed E-state index contributed by atoms with van der Waals surface area (Å²) in [5.41, 5.74) is 3.01. The molecular weight excluding hydrogens is 464 g/mol. The molecule has 0 bridgehead atoms. The van der Waals surface area contributed by atoms with E-state index in [1.54, 1.807) is 19.1 Å². The van der Waals surface area contributed by atoms with Crippen LogP contribution in [0.1, 0.15) is 42.2 Å². The second-order valence-corrected chi connectivity index (χ2v) is 10.2. The third-order valence-electron chi connectivity index (χ3n) is 6.00. The van der Waals surface area contributed by atoms with E-state index >= 15 is 0 Å². The number of hydrogen-bond acceptors (Lipinski definition) is 6. The summed E-state index contributed by atoms with van der Waals surface area (Å²) < 4.78 is 30.0. The van der Waals surface area contributed by atoms with Crippen molar-refractivity contribution in [3.63, 3.8) is 0 Å². The number of aliphatic hydroxyl groups excluding tert-OH is 2. The maximum absolute atomic E-state index is 12.0. The number of nitrogens with two attached hydrogens (primary N) is 1.